The van der Waals surface area contributed by atoms with Crippen molar-refractivity contribution in [1.29, 1.82) is 0 Å². The van der Waals surface area contributed by atoms with Crippen LogP contribution in [0.25, 0.3) is 5.65 Å². The predicted octanol–water partition coefficient (Wildman–Crippen LogP) is 1.87. The molecule has 2 saturated heterocycles. The molecule has 0 aromatic carbocycles. The highest BCUT2D eigenvalue weighted by Gasteiger charge is 2.36. The molecular weight excluding hydrogens is 474 g/mol. The highest BCUT2D eigenvalue weighted by atomic mass is 79.9. The number of aromatic nitrogens is 6. The molecule has 1 atom stereocenters. The lowest BCUT2D eigenvalue weighted by atomic mass is 10.1. The Morgan fingerprint density at radius 1 is 0.969 bits per heavy atom. The maximum Gasteiger partial charge on any atom is 0.245 e. The second-order valence-corrected chi connectivity index (χ2v) is 9.39. The number of piperazine rings is 1. The summed E-state index contributed by atoms with van der Waals surface area (Å²) >= 11 is 3.37. The van der Waals surface area contributed by atoms with E-state index in [1.807, 2.05) is 29.4 Å². The van der Waals surface area contributed by atoms with Gasteiger partial charge in [0.05, 0.1) is 0 Å². The van der Waals surface area contributed by atoms with E-state index in [0.29, 0.717) is 29.4 Å². The molecule has 166 valence electrons. The standard InChI is InChI=1S/C21H24BrN9O/c22-20-26-25-17-5-6-18(27-31(17)20)30-7-1-2-16(30)19(32)28-8-10-29(11-9-28)21-23-12-15(13-24-21)14-3-4-14/h5-6,12-14,16H,1-4,7-11H2/t16-/m0/s1. The van der Waals surface area contributed by atoms with E-state index in [2.05, 4.69) is 51.0 Å². The Morgan fingerprint density at radius 2 is 1.75 bits per heavy atom. The van der Waals surface area contributed by atoms with E-state index in [1.54, 1.807) is 4.52 Å². The third-order valence-electron chi connectivity index (χ3n) is 6.62. The van der Waals surface area contributed by atoms with Crippen molar-refractivity contribution in [3.8, 4) is 0 Å². The molecule has 0 N–H and O–H groups in total. The predicted molar refractivity (Wildman–Crippen MR) is 122 cm³/mol. The largest absolute Gasteiger partial charge is 0.343 e. The zero-order valence-electron chi connectivity index (χ0n) is 17.6. The van der Waals surface area contributed by atoms with Crippen molar-refractivity contribution in [2.45, 2.75) is 37.6 Å². The SMILES string of the molecule is O=C([C@@H]1CCCN1c1ccc2nnc(Br)n2n1)N1CCN(c2ncc(C3CC3)cn2)CC1. The number of hydrogen-bond donors (Lipinski definition) is 0. The van der Waals surface area contributed by atoms with E-state index < -0.39 is 0 Å². The van der Waals surface area contributed by atoms with Gasteiger partial charge in [0.1, 0.15) is 11.9 Å². The van der Waals surface area contributed by atoms with E-state index in [9.17, 15) is 4.79 Å². The first kappa shape index (κ1) is 19.8. The summed E-state index contributed by atoms with van der Waals surface area (Å²) in [6.45, 7) is 3.68. The van der Waals surface area contributed by atoms with Crippen molar-refractivity contribution < 1.29 is 4.79 Å². The lowest BCUT2D eigenvalue weighted by molar-refractivity contribution is -0.132. The lowest BCUT2D eigenvalue weighted by Crippen LogP contribution is -2.54. The fraction of sp³-hybridized carbons (Fsp3) is 0.524. The monoisotopic (exact) mass is 497 g/mol. The van der Waals surface area contributed by atoms with Crippen LogP contribution < -0.4 is 9.80 Å². The second kappa shape index (κ2) is 7.95. The van der Waals surface area contributed by atoms with E-state index in [-0.39, 0.29) is 11.9 Å². The molecular formula is C21H24BrN9O. The van der Waals surface area contributed by atoms with Gasteiger partial charge in [-0.2, -0.15) is 4.52 Å². The number of fused-ring (bicyclic) bond motifs is 1. The number of nitrogens with zero attached hydrogens (tertiary/aromatic N) is 9. The molecule has 32 heavy (non-hydrogen) atoms. The van der Waals surface area contributed by atoms with E-state index in [0.717, 1.165) is 44.2 Å². The Labute approximate surface area is 193 Å². The van der Waals surface area contributed by atoms with Crippen molar-refractivity contribution in [3.63, 3.8) is 0 Å². The van der Waals surface area contributed by atoms with Crippen LogP contribution in [0.5, 0.6) is 0 Å². The van der Waals surface area contributed by atoms with Gasteiger partial charge in [-0.3, -0.25) is 4.79 Å². The fourth-order valence-corrected chi connectivity index (χ4v) is 5.00. The van der Waals surface area contributed by atoms with E-state index >= 15 is 0 Å². The van der Waals surface area contributed by atoms with E-state index in [1.165, 1.54) is 18.4 Å². The van der Waals surface area contributed by atoms with Crippen molar-refractivity contribution in [3.05, 3.63) is 34.8 Å². The average Bonchev–Trinajstić information content (AvgIpc) is 3.46. The number of carbonyl (C=O) groups excluding carboxylic acids is 1. The first-order valence-electron chi connectivity index (χ1n) is 11.2. The maximum atomic E-state index is 13.4. The van der Waals surface area contributed by atoms with Crippen molar-refractivity contribution in [2.24, 2.45) is 0 Å². The second-order valence-electron chi connectivity index (χ2n) is 8.68. The molecule has 0 spiro atoms. The summed E-state index contributed by atoms with van der Waals surface area (Å²) in [7, 11) is 0. The van der Waals surface area contributed by atoms with Gasteiger partial charge in [0, 0.05) is 45.1 Å². The minimum absolute atomic E-state index is 0.178. The molecule has 3 aliphatic rings. The van der Waals surface area contributed by atoms with Crippen molar-refractivity contribution >= 4 is 39.3 Å². The molecule has 3 aromatic heterocycles. The molecule has 5 heterocycles. The normalized spacial score (nSPS) is 21.5. The first-order valence-corrected chi connectivity index (χ1v) is 12.0. The number of carbonyl (C=O) groups is 1. The minimum atomic E-state index is -0.184. The van der Waals surface area contributed by atoms with Crippen LogP contribution in [0.1, 0.15) is 37.2 Å². The summed E-state index contributed by atoms with van der Waals surface area (Å²) in [5.74, 6) is 2.38. The van der Waals surface area contributed by atoms with Crippen LogP contribution in [-0.4, -0.2) is 79.4 Å². The zero-order chi connectivity index (χ0) is 21.7. The lowest BCUT2D eigenvalue weighted by Gasteiger charge is -2.37. The molecule has 2 aliphatic heterocycles. The van der Waals surface area contributed by atoms with Gasteiger partial charge in [-0.15, -0.1) is 15.3 Å². The molecule has 1 saturated carbocycles. The first-order chi connectivity index (χ1) is 15.7. The third kappa shape index (κ3) is 3.58. The molecule has 0 radical (unpaired) electrons. The van der Waals surface area contributed by atoms with Crippen LogP contribution in [0.2, 0.25) is 0 Å². The molecule has 6 rings (SSSR count). The quantitative estimate of drug-likeness (QED) is 0.538. The van der Waals surface area contributed by atoms with E-state index in [4.69, 9.17) is 0 Å². The van der Waals surface area contributed by atoms with Crippen LogP contribution in [0.15, 0.2) is 29.3 Å². The van der Waals surface area contributed by atoms with Gasteiger partial charge in [0.2, 0.25) is 16.6 Å². The molecule has 1 amide bonds. The zero-order valence-corrected chi connectivity index (χ0v) is 19.2. The van der Waals surface area contributed by atoms with Gasteiger partial charge < -0.3 is 14.7 Å². The number of rotatable bonds is 4. The fourth-order valence-electron chi connectivity index (χ4n) is 4.66. The van der Waals surface area contributed by atoms with Gasteiger partial charge in [0.15, 0.2) is 5.65 Å². The highest BCUT2D eigenvalue weighted by Crippen LogP contribution is 2.39. The average molecular weight is 498 g/mol. The molecule has 11 heteroatoms. The minimum Gasteiger partial charge on any atom is -0.343 e. The maximum absolute atomic E-state index is 13.4. The Kier molecular flexibility index (Phi) is 4.93. The number of anilines is 2. The molecule has 3 fully saturated rings. The topological polar surface area (TPSA) is 95.6 Å². The van der Waals surface area contributed by atoms with Gasteiger partial charge in [-0.1, -0.05) is 0 Å². The Balaban J connectivity index is 1.12. The molecule has 3 aromatic rings. The summed E-state index contributed by atoms with van der Waals surface area (Å²) in [5.41, 5.74) is 1.92. The summed E-state index contributed by atoms with van der Waals surface area (Å²) in [6.07, 6.45) is 8.25. The number of amides is 1. The third-order valence-corrected chi connectivity index (χ3v) is 7.12. The summed E-state index contributed by atoms with van der Waals surface area (Å²) < 4.78 is 2.21. The highest BCUT2D eigenvalue weighted by molar-refractivity contribution is 9.10. The van der Waals surface area contributed by atoms with Crippen LogP contribution in [0, 0.1) is 0 Å². The van der Waals surface area contributed by atoms with Crippen LogP contribution in [-0.2, 0) is 4.79 Å². The van der Waals surface area contributed by atoms with Gasteiger partial charge in [-0.25, -0.2) is 9.97 Å². The molecule has 0 bridgehead atoms. The summed E-state index contributed by atoms with van der Waals surface area (Å²) in [5, 5.41) is 12.7. The molecule has 0 unspecified atom stereocenters. The summed E-state index contributed by atoms with van der Waals surface area (Å²) in [4.78, 5) is 28.8. The Bertz CT molecular complexity index is 1140. The summed E-state index contributed by atoms with van der Waals surface area (Å²) in [6, 6.07) is 3.62. The van der Waals surface area contributed by atoms with Crippen molar-refractivity contribution in [2.75, 3.05) is 42.5 Å². The van der Waals surface area contributed by atoms with Gasteiger partial charge >= 0.3 is 0 Å². The van der Waals surface area contributed by atoms with Crippen LogP contribution in [0.3, 0.4) is 0 Å². The number of halogens is 1. The van der Waals surface area contributed by atoms with Crippen LogP contribution >= 0.6 is 15.9 Å². The Morgan fingerprint density at radius 3 is 2.50 bits per heavy atom. The molecule has 1 aliphatic carbocycles. The van der Waals surface area contributed by atoms with Gasteiger partial charge in [-0.05, 0) is 65.2 Å². The number of hydrogen-bond acceptors (Lipinski definition) is 8. The van der Waals surface area contributed by atoms with Crippen LogP contribution in [0.4, 0.5) is 11.8 Å². The van der Waals surface area contributed by atoms with Gasteiger partial charge in [0.25, 0.3) is 0 Å². The smallest absolute Gasteiger partial charge is 0.245 e. The Hall–Kier alpha value is -2.82. The molecule has 10 nitrogen and oxygen atoms in total. The van der Waals surface area contributed by atoms with Crippen molar-refractivity contribution in [1.82, 2.24) is 34.7 Å².